The summed E-state index contributed by atoms with van der Waals surface area (Å²) in [6.07, 6.45) is 1.35. The average Bonchev–Trinajstić information content (AvgIpc) is 2.29. The van der Waals surface area contributed by atoms with E-state index in [1.54, 1.807) is 6.07 Å². The molecule has 1 aliphatic heterocycles. The van der Waals surface area contributed by atoms with Gasteiger partial charge in [-0.2, -0.15) is 0 Å². The second kappa shape index (κ2) is 5.13. The molecule has 0 saturated carbocycles. The first kappa shape index (κ1) is 12.5. The maximum Gasteiger partial charge on any atom is 0.256 e. The Labute approximate surface area is 101 Å². The minimum Gasteiger partial charge on any atom is -0.316 e. The summed E-state index contributed by atoms with van der Waals surface area (Å²) in [6.45, 7) is 3.25. The van der Waals surface area contributed by atoms with Crippen LogP contribution in [0.4, 0.5) is 8.78 Å². The molecule has 3 heteroatoms. The van der Waals surface area contributed by atoms with Crippen molar-refractivity contribution >= 4 is 0 Å². The second-order valence-electron chi connectivity index (χ2n) is 4.97. The van der Waals surface area contributed by atoms with Crippen molar-refractivity contribution in [3.63, 3.8) is 0 Å². The summed E-state index contributed by atoms with van der Waals surface area (Å²) in [5.74, 6) is -3.11. The van der Waals surface area contributed by atoms with Crippen molar-refractivity contribution in [1.82, 2.24) is 5.32 Å². The topological polar surface area (TPSA) is 12.0 Å². The highest BCUT2D eigenvalue weighted by atomic mass is 19.3. The standard InChI is InChI=1S/C14H19F2N/c1-11-4-2-5-12(8-11)9-14(15,16)13-6-3-7-17-10-13/h2,4-5,8,13,17H,3,6-7,9-10H2,1H3. The van der Waals surface area contributed by atoms with E-state index in [0.717, 1.165) is 24.1 Å². The minimum absolute atomic E-state index is 0.138. The van der Waals surface area contributed by atoms with Gasteiger partial charge in [-0.3, -0.25) is 0 Å². The normalized spacial score (nSPS) is 21.5. The van der Waals surface area contributed by atoms with Gasteiger partial charge in [-0.1, -0.05) is 29.8 Å². The molecule has 1 unspecified atom stereocenters. The quantitative estimate of drug-likeness (QED) is 0.854. The number of alkyl halides is 2. The molecule has 0 amide bonds. The van der Waals surface area contributed by atoms with Crippen LogP contribution in [0.25, 0.3) is 0 Å². The molecule has 0 aromatic heterocycles. The van der Waals surface area contributed by atoms with E-state index < -0.39 is 11.8 Å². The fourth-order valence-corrected chi connectivity index (χ4v) is 2.45. The lowest BCUT2D eigenvalue weighted by molar-refractivity contribution is -0.0647. The largest absolute Gasteiger partial charge is 0.316 e. The molecule has 1 nitrogen and oxygen atoms in total. The fourth-order valence-electron chi connectivity index (χ4n) is 2.45. The van der Waals surface area contributed by atoms with Crippen LogP contribution in [0.1, 0.15) is 24.0 Å². The average molecular weight is 239 g/mol. The van der Waals surface area contributed by atoms with Gasteiger partial charge in [0, 0.05) is 18.9 Å². The third kappa shape index (κ3) is 3.25. The second-order valence-corrected chi connectivity index (χ2v) is 4.97. The van der Waals surface area contributed by atoms with Crippen LogP contribution in [0.5, 0.6) is 0 Å². The van der Waals surface area contributed by atoms with E-state index in [1.165, 1.54) is 0 Å². The molecule has 0 bridgehead atoms. The van der Waals surface area contributed by atoms with Gasteiger partial charge >= 0.3 is 0 Å². The van der Waals surface area contributed by atoms with E-state index in [0.29, 0.717) is 13.0 Å². The first-order chi connectivity index (χ1) is 8.08. The summed E-state index contributed by atoms with van der Waals surface area (Å²) in [5, 5.41) is 3.06. The van der Waals surface area contributed by atoms with Gasteiger partial charge < -0.3 is 5.32 Å². The van der Waals surface area contributed by atoms with Crippen molar-refractivity contribution in [3.8, 4) is 0 Å². The Bertz CT molecular complexity index is 370. The lowest BCUT2D eigenvalue weighted by Gasteiger charge is -2.30. The maximum absolute atomic E-state index is 14.1. The van der Waals surface area contributed by atoms with Crippen LogP contribution in [0.2, 0.25) is 0 Å². The van der Waals surface area contributed by atoms with E-state index in [-0.39, 0.29) is 6.42 Å². The smallest absolute Gasteiger partial charge is 0.256 e. The molecule has 1 fully saturated rings. The third-order valence-corrected chi connectivity index (χ3v) is 3.42. The van der Waals surface area contributed by atoms with Crippen LogP contribution in [0.15, 0.2) is 24.3 Å². The highest BCUT2D eigenvalue weighted by Crippen LogP contribution is 2.33. The number of benzene rings is 1. The van der Waals surface area contributed by atoms with Crippen LogP contribution in [-0.2, 0) is 6.42 Å². The van der Waals surface area contributed by atoms with E-state index >= 15 is 0 Å². The highest BCUT2D eigenvalue weighted by molar-refractivity contribution is 5.23. The molecule has 0 spiro atoms. The van der Waals surface area contributed by atoms with Crippen LogP contribution in [-0.4, -0.2) is 19.0 Å². The van der Waals surface area contributed by atoms with E-state index in [4.69, 9.17) is 0 Å². The molecule has 1 N–H and O–H groups in total. The number of hydrogen-bond donors (Lipinski definition) is 1. The molecule has 2 rings (SSSR count). The zero-order chi connectivity index (χ0) is 12.3. The van der Waals surface area contributed by atoms with Gasteiger partial charge in [0.15, 0.2) is 0 Å². The molecule has 1 aromatic rings. The van der Waals surface area contributed by atoms with Gasteiger partial charge in [0.2, 0.25) is 0 Å². The van der Waals surface area contributed by atoms with Crippen molar-refractivity contribution in [2.24, 2.45) is 5.92 Å². The van der Waals surface area contributed by atoms with Crippen LogP contribution < -0.4 is 5.32 Å². The monoisotopic (exact) mass is 239 g/mol. The van der Waals surface area contributed by atoms with Crippen molar-refractivity contribution in [2.75, 3.05) is 13.1 Å². The van der Waals surface area contributed by atoms with E-state index in [2.05, 4.69) is 5.32 Å². The van der Waals surface area contributed by atoms with Crippen LogP contribution in [0.3, 0.4) is 0 Å². The maximum atomic E-state index is 14.1. The Kier molecular flexibility index (Phi) is 3.77. The molecule has 94 valence electrons. The Morgan fingerprint density at radius 1 is 1.41 bits per heavy atom. The zero-order valence-corrected chi connectivity index (χ0v) is 10.2. The van der Waals surface area contributed by atoms with Crippen LogP contribution in [0, 0.1) is 12.8 Å². The number of aryl methyl sites for hydroxylation is 1. The Morgan fingerprint density at radius 3 is 2.88 bits per heavy atom. The third-order valence-electron chi connectivity index (χ3n) is 3.42. The number of nitrogens with one attached hydrogen (secondary N) is 1. The lowest BCUT2D eigenvalue weighted by Crippen LogP contribution is -2.41. The number of halogens is 2. The predicted octanol–water partition coefficient (Wildman–Crippen LogP) is 3.17. The van der Waals surface area contributed by atoms with Gasteiger partial charge in [0.1, 0.15) is 0 Å². The molecule has 0 aliphatic carbocycles. The molecule has 1 aliphatic rings. The zero-order valence-electron chi connectivity index (χ0n) is 10.2. The Hall–Kier alpha value is -0.960. The molecule has 1 saturated heterocycles. The van der Waals surface area contributed by atoms with E-state index in [1.807, 2.05) is 25.1 Å². The fraction of sp³-hybridized carbons (Fsp3) is 0.571. The van der Waals surface area contributed by atoms with Gasteiger partial charge in [-0.05, 0) is 31.9 Å². The minimum atomic E-state index is -2.60. The van der Waals surface area contributed by atoms with Crippen molar-refractivity contribution in [2.45, 2.75) is 32.1 Å². The molecule has 17 heavy (non-hydrogen) atoms. The summed E-state index contributed by atoms with van der Waals surface area (Å²) in [6, 6.07) is 7.42. The van der Waals surface area contributed by atoms with E-state index in [9.17, 15) is 8.78 Å². The SMILES string of the molecule is Cc1cccc(CC(F)(F)C2CCCNC2)c1. The molecule has 0 radical (unpaired) electrons. The number of hydrogen-bond acceptors (Lipinski definition) is 1. The summed E-state index contributed by atoms with van der Waals surface area (Å²) in [5.41, 5.74) is 1.78. The molecule has 1 heterocycles. The number of rotatable bonds is 3. The van der Waals surface area contributed by atoms with Crippen LogP contribution >= 0.6 is 0 Å². The van der Waals surface area contributed by atoms with Gasteiger partial charge in [-0.25, -0.2) is 8.78 Å². The lowest BCUT2D eigenvalue weighted by atomic mass is 9.89. The number of piperidine rings is 1. The van der Waals surface area contributed by atoms with Gasteiger partial charge in [0.05, 0.1) is 0 Å². The molecule has 1 aromatic carbocycles. The Morgan fingerprint density at radius 2 is 2.24 bits per heavy atom. The summed E-state index contributed by atoms with van der Waals surface area (Å²) < 4.78 is 28.2. The molecular weight excluding hydrogens is 220 g/mol. The highest BCUT2D eigenvalue weighted by Gasteiger charge is 2.39. The molecule has 1 atom stereocenters. The van der Waals surface area contributed by atoms with Crippen molar-refractivity contribution < 1.29 is 8.78 Å². The summed E-state index contributed by atoms with van der Waals surface area (Å²) in [7, 11) is 0. The van der Waals surface area contributed by atoms with Gasteiger partial charge in [0.25, 0.3) is 5.92 Å². The summed E-state index contributed by atoms with van der Waals surface area (Å²) in [4.78, 5) is 0. The predicted molar refractivity (Wildman–Crippen MR) is 65.4 cm³/mol. The van der Waals surface area contributed by atoms with Crippen molar-refractivity contribution in [3.05, 3.63) is 35.4 Å². The first-order valence-electron chi connectivity index (χ1n) is 6.22. The summed E-state index contributed by atoms with van der Waals surface area (Å²) >= 11 is 0. The van der Waals surface area contributed by atoms with Crippen molar-refractivity contribution in [1.29, 1.82) is 0 Å². The molecular formula is C14H19F2N. The first-order valence-corrected chi connectivity index (χ1v) is 6.22. The Balaban J connectivity index is 2.05. The van der Waals surface area contributed by atoms with Gasteiger partial charge in [-0.15, -0.1) is 0 Å².